The van der Waals surface area contributed by atoms with Crippen molar-refractivity contribution in [2.75, 3.05) is 36.1 Å². The summed E-state index contributed by atoms with van der Waals surface area (Å²) in [6.45, 7) is 7.99. The van der Waals surface area contributed by atoms with Crippen LogP contribution in [-0.4, -0.2) is 68.5 Å². The molecule has 2 aliphatic heterocycles. The van der Waals surface area contributed by atoms with Gasteiger partial charge in [0.1, 0.15) is 23.2 Å². The third-order valence-corrected chi connectivity index (χ3v) is 8.47. The molecular formula is C29H34N6O3S. The Morgan fingerprint density at radius 3 is 2.67 bits per heavy atom. The number of thioether (sulfide) groups is 1. The van der Waals surface area contributed by atoms with Gasteiger partial charge in [0.15, 0.2) is 5.82 Å². The van der Waals surface area contributed by atoms with Crippen LogP contribution in [0.4, 0.5) is 10.5 Å². The number of carbonyl (C=O) groups is 1. The van der Waals surface area contributed by atoms with Crippen molar-refractivity contribution in [3.8, 4) is 11.6 Å². The first-order valence-electron chi connectivity index (χ1n) is 13.5. The molecule has 0 aliphatic carbocycles. The number of piperidine rings is 1. The number of rotatable bonds is 6. The van der Waals surface area contributed by atoms with Crippen molar-refractivity contribution in [3.05, 3.63) is 48.9 Å². The summed E-state index contributed by atoms with van der Waals surface area (Å²) in [7, 11) is 0. The van der Waals surface area contributed by atoms with E-state index in [9.17, 15) is 4.79 Å². The first kappa shape index (κ1) is 25.7. The average Bonchev–Trinajstić information content (AvgIpc) is 3.30. The second kappa shape index (κ2) is 10.6. The Hall–Kier alpha value is -3.53. The molecule has 0 bridgehead atoms. The Kier molecular flexibility index (Phi) is 6.97. The molecule has 0 saturated carbocycles. The summed E-state index contributed by atoms with van der Waals surface area (Å²) in [4.78, 5) is 28.9. The van der Waals surface area contributed by atoms with Gasteiger partial charge in [0, 0.05) is 42.6 Å². The fourth-order valence-electron chi connectivity index (χ4n) is 4.98. The first-order valence-corrected chi connectivity index (χ1v) is 14.7. The van der Waals surface area contributed by atoms with Gasteiger partial charge < -0.3 is 19.7 Å². The van der Waals surface area contributed by atoms with Gasteiger partial charge in [0.05, 0.1) is 35.0 Å². The number of ether oxygens (including phenoxy) is 2. The molecular weight excluding hydrogens is 512 g/mol. The quantitative estimate of drug-likeness (QED) is 0.353. The predicted molar refractivity (Wildman–Crippen MR) is 155 cm³/mol. The van der Waals surface area contributed by atoms with Crippen LogP contribution in [0.2, 0.25) is 0 Å². The van der Waals surface area contributed by atoms with E-state index >= 15 is 0 Å². The average molecular weight is 547 g/mol. The van der Waals surface area contributed by atoms with Crippen LogP contribution in [0.5, 0.6) is 5.75 Å². The summed E-state index contributed by atoms with van der Waals surface area (Å²) in [5.74, 6) is 4.58. The summed E-state index contributed by atoms with van der Waals surface area (Å²) in [5.41, 5.74) is 4.07. The van der Waals surface area contributed by atoms with Gasteiger partial charge in [-0.25, -0.2) is 14.8 Å². The topological polar surface area (TPSA) is 94.4 Å². The largest absolute Gasteiger partial charge is 0.493 e. The molecule has 0 unspecified atom stereocenters. The number of amides is 1. The first-order chi connectivity index (χ1) is 18.8. The van der Waals surface area contributed by atoms with E-state index in [-0.39, 0.29) is 12.1 Å². The molecule has 2 fully saturated rings. The Labute approximate surface area is 232 Å². The monoisotopic (exact) mass is 546 g/mol. The van der Waals surface area contributed by atoms with Crippen LogP contribution in [-0.2, 0) is 4.74 Å². The van der Waals surface area contributed by atoms with E-state index in [0.717, 1.165) is 71.9 Å². The van der Waals surface area contributed by atoms with Crippen molar-refractivity contribution in [1.82, 2.24) is 24.8 Å². The van der Waals surface area contributed by atoms with E-state index in [4.69, 9.17) is 19.4 Å². The SMILES string of the molecule is CC(C)(C)OC(=O)NC1CCN(c2cccc3ncc(-n4cnc5cc(OCC6CSC6)ccc54)nc23)CC1. The minimum Gasteiger partial charge on any atom is -0.493 e. The van der Waals surface area contributed by atoms with Gasteiger partial charge in [0.2, 0.25) is 0 Å². The van der Waals surface area contributed by atoms with E-state index < -0.39 is 5.60 Å². The van der Waals surface area contributed by atoms with Crippen molar-refractivity contribution in [2.24, 2.45) is 5.92 Å². The highest BCUT2D eigenvalue weighted by Gasteiger charge is 2.25. The zero-order valence-corrected chi connectivity index (χ0v) is 23.4. The number of para-hydroxylation sites is 1. The summed E-state index contributed by atoms with van der Waals surface area (Å²) in [5, 5.41) is 3.02. The minimum absolute atomic E-state index is 0.0894. The van der Waals surface area contributed by atoms with Crippen molar-refractivity contribution in [2.45, 2.75) is 45.3 Å². The molecule has 9 nitrogen and oxygen atoms in total. The molecule has 2 aromatic carbocycles. The zero-order chi connectivity index (χ0) is 27.0. The molecule has 1 N–H and O–H groups in total. The molecule has 4 heterocycles. The van der Waals surface area contributed by atoms with Crippen molar-refractivity contribution >= 4 is 45.6 Å². The number of anilines is 1. The number of nitrogens with zero attached hydrogens (tertiary/aromatic N) is 5. The summed E-state index contributed by atoms with van der Waals surface area (Å²) < 4.78 is 13.4. The van der Waals surface area contributed by atoms with Crippen molar-refractivity contribution < 1.29 is 14.3 Å². The summed E-state index contributed by atoms with van der Waals surface area (Å²) in [6, 6.07) is 12.2. The van der Waals surface area contributed by atoms with Gasteiger partial charge in [-0.15, -0.1) is 0 Å². The molecule has 2 aliphatic rings. The number of carbonyl (C=O) groups excluding carboxylic acids is 1. The van der Waals surface area contributed by atoms with Crippen LogP contribution in [0, 0.1) is 5.92 Å². The van der Waals surface area contributed by atoms with Crippen LogP contribution in [0.15, 0.2) is 48.9 Å². The fourth-order valence-corrected chi connectivity index (χ4v) is 5.74. The number of hydrogen-bond donors (Lipinski definition) is 1. The Balaban J connectivity index is 1.19. The van der Waals surface area contributed by atoms with Gasteiger partial charge in [-0.1, -0.05) is 6.07 Å². The summed E-state index contributed by atoms with van der Waals surface area (Å²) >= 11 is 1.97. The van der Waals surface area contributed by atoms with Gasteiger partial charge in [-0.05, 0) is 57.9 Å². The standard InChI is InChI=1S/C29H34N6O3S/c1-29(2,3)38-28(36)32-20-9-11-34(12-10-20)25-6-4-5-22-27(25)33-26(14-30-22)35-18-31-23-13-21(7-8-24(23)35)37-15-19-16-39-17-19/h4-8,13-14,18-20H,9-12,15-17H2,1-3H3,(H,32,36). The van der Waals surface area contributed by atoms with Crippen LogP contribution in [0.3, 0.4) is 0 Å². The van der Waals surface area contributed by atoms with E-state index in [1.54, 1.807) is 12.5 Å². The van der Waals surface area contributed by atoms with Crippen molar-refractivity contribution in [3.63, 3.8) is 0 Å². The number of nitrogens with one attached hydrogen (secondary N) is 1. The Morgan fingerprint density at radius 1 is 1.10 bits per heavy atom. The lowest BCUT2D eigenvalue weighted by Crippen LogP contribution is -2.46. The highest BCUT2D eigenvalue weighted by atomic mass is 32.2. The smallest absolute Gasteiger partial charge is 0.407 e. The number of imidazole rings is 1. The van der Waals surface area contributed by atoms with E-state index in [2.05, 4.69) is 21.3 Å². The highest BCUT2D eigenvalue weighted by molar-refractivity contribution is 8.00. The molecule has 1 amide bonds. The number of alkyl carbamates (subject to hydrolysis) is 1. The lowest BCUT2D eigenvalue weighted by atomic mass is 10.0. The Morgan fingerprint density at radius 2 is 1.92 bits per heavy atom. The van der Waals surface area contributed by atoms with Gasteiger partial charge in [-0.3, -0.25) is 9.55 Å². The lowest BCUT2D eigenvalue weighted by molar-refractivity contribution is 0.0497. The van der Waals surface area contributed by atoms with E-state index in [0.29, 0.717) is 5.92 Å². The van der Waals surface area contributed by atoms with E-state index in [1.165, 1.54) is 11.5 Å². The molecule has 204 valence electrons. The predicted octanol–water partition coefficient (Wildman–Crippen LogP) is 5.20. The third-order valence-electron chi connectivity index (χ3n) is 7.05. The molecule has 0 atom stereocenters. The normalized spacial score (nSPS) is 16.8. The van der Waals surface area contributed by atoms with Crippen LogP contribution < -0.4 is 15.0 Å². The molecule has 2 aromatic heterocycles. The number of benzene rings is 2. The molecule has 0 radical (unpaired) electrons. The molecule has 4 aromatic rings. The highest BCUT2D eigenvalue weighted by Crippen LogP contribution is 2.30. The second-order valence-electron chi connectivity index (χ2n) is 11.3. The van der Waals surface area contributed by atoms with Crippen LogP contribution in [0.1, 0.15) is 33.6 Å². The maximum absolute atomic E-state index is 12.2. The zero-order valence-electron chi connectivity index (χ0n) is 22.6. The van der Waals surface area contributed by atoms with Crippen LogP contribution in [0.25, 0.3) is 27.9 Å². The molecule has 0 spiro atoms. The maximum atomic E-state index is 12.2. The summed E-state index contributed by atoms with van der Waals surface area (Å²) in [6.07, 6.45) is 4.90. The molecule has 6 rings (SSSR count). The van der Waals surface area contributed by atoms with Gasteiger partial charge >= 0.3 is 6.09 Å². The number of hydrogen-bond acceptors (Lipinski definition) is 8. The fraction of sp³-hybridized carbons (Fsp3) is 0.448. The van der Waals surface area contributed by atoms with E-state index in [1.807, 2.05) is 67.4 Å². The maximum Gasteiger partial charge on any atom is 0.407 e. The lowest BCUT2D eigenvalue weighted by Gasteiger charge is -2.34. The minimum atomic E-state index is -0.504. The Bertz CT molecular complexity index is 1490. The third kappa shape index (κ3) is 5.75. The van der Waals surface area contributed by atoms with Gasteiger partial charge in [-0.2, -0.15) is 11.8 Å². The molecule has 39 heavy (non-hydrogen) atoms. The molecule has 2 saturated heterocycles. The number of fused-ring (bicyclic) bond motifs is 2. The van der Waals surface area contributed by atoms with Crippen LogP contribution >= 0.6 is 11.8 Å². The van der Waals surface area contributed by atoms with Crippen molar-refractivity contribution in [1.29, 1.82) is 0 Å². The molecule has 10 heteroatoms. The van der Waals surface area contributed by atoms with Gasteiger partial charge in [0.25, 0.3) is 0 Å². The second-order valence-corrected chi connectivity index (χ2v) is 12.3. The number of aromatic nitrogens is 4.